The predicted molar refractivity (Wildman–Crippen MR) is 90.4 cm³/mol. The molecule has 0 aliphatic carbocycles. The van der Waals surface area contributed by atoms with Gasteiger partial charge in [0.1, 0.15) is 0 Å². The standard InChI is InChI=1S/C18H28N2O3/c1-18(2,23)10-9-13-5-7-14(8-6-13)17(22)20-11-15(19(3)4)16(21)12-20/h5-8,15-16,21,23H,9-12H2,1-4H3/t15-,16-/m0/s1. The lowest BCUT2D eigenvalue weighted by Gasteiger charge is -2.21. The van der Waals surface area contributed by atoms with Gasteiger partial charge in [0, 0.05) is 18.7 Å². The van der Waals surface area contributed by atoms with Crippen LogP contribution in [0.5, 0.6) is 0 Å². The second-order valence-electron chi connectivity index (χ2n) is 7.32. The second kappa shape index (κ2) is 6.99. The summed E-state index contributed by atoms with van der Waals surface area (Å²) in [5, 5.41) is 19.8. The molecule has 1 amide bonds. The summed E-state index contributed by atoms with van der Waals surface area (Å²) in [5.41, 5.74) is 1.07. The molecule has 1 heterocycles. The van der Waals surface area contributed by atoms with E-state index in [1.165, 1.54) is 0 Å². The van der Waals surface area contributed by atoms with Crippen molar-refractivity contribution in [1.82, 2.24) is 9.80 Å². The van der Waals surface area contributed by atoms with Gasteiger partial charge >= 0.3 is 0 Å². The van der Waals surface area contributed by atoms with E-state index in [0.29, 0.717) is 25.1 Å². The summed E-state index contributed by atoms with van der Waals surface area (Å²) >= 11 is 0. The first-order chi connectivity index (χ1) is 10.7. The second-order valence-corrected chi connectivity index (χ2v) is 7.32. The van der Waals surface area contributed by atoms with Crippen molar-refractivity contribution in [2.24, 2.45) is 0 Å². The number of hydrogen-bond acceptors (Lipinski definition) is 4. The molecule has 5 heteroatoms. The van der Waals surface area contributed by atoms with Crippen LogP contribution in [0.15, 0.2) is 24.3 Å². The van der Waals surface area contributed by atoms with Crippen LogP contribution < -0.4 is 0 Å². The van der Waals surface area contributed by atoms with Crippen molar-refractivity contribution in [3.8, 4) is 0 Å². The Kier molecular flexibility index (Phi) is 5.45. The number of aryl methyl sites for hydroxylation is 1. The molecule has 0 bridgehead atoms. The number of carbonyl (C=O) groups excluding carboxylic acids is 1. The normalized spacial score (nSPS) is 22.0. The Morgan fingerprint density at radius 2 is 1.87 bits per heavy atom. The third-order valence-corrected chi connectivity index (χ3v) is 4.44. The van der Waals surface area contributed by atoms with Gasteiger partial charge in [-0.25, -0.2) is 0 Å². The van der Waals surface area contributed by atoms with E-state index in [-0.39, 0.29) is 11.9 Å². The largest absolute Gasteiger partial charge is 0.390 e. The number of likely N-dealkylation sites (N-methyl/N-ethyl adjacent to an activating group) is 1. The van der Waals surface area contributed by atoms with Crippen LogP contribution in [0.4, 0.5) is 0 Å². The first-order valence-corrected chi connectivity index (χ1v) is 8.12. The van der Waals surface area contributed by atoms with Gasteiger partial charge in [-0.2, -0.15) is 0 Å². The molecule has 0 aromatic heterocycles. The molecule has 0 spiro atoms. The van der Waals surface area contributed by atoms with Crippen molar-refractivity contribution < 1.29 is 15.0 Å². The molecule has 0 unspecified atom stereocenters. The highest BCUT2D eigenvalue weighted by atomic mass is 16.3. The number of likely N-dealkylation sites (tertiary alicyclic amines) is 1. The van der Waals surface area contributed by atoms with Gasteiger partial charge in [-0.3, -0.25) is 4.79 Å². The van der Waals surface area contributed by atoms with Gasteiger partial charge < -0.3 is 20.0 Å². The predicted octanol–water partition coefficient (Wildman–Crippen LogP) is 1.14. The summed E-state index contributed by atoms with van der Waals surface area (Å²) in [6.45, 7) is 4.52. The first-order valence-electron chi connectivity index (χ1n) is 8.12. The van der Waals surface area contributed by atoms with Gasteiger partial charge in [0.2, 0.25) is 0 Å². The van der Waals surface area contributed by atoms with E-state index in [1.54, 1.807) is 18.7 Å². The van der Waals surface area contributed by atoms with E-state index in [1.807, 2.05) is 43.3 Å². The maximum atomic E-state index is 12.5. The molecule has 1 saturated heterocycles. The molecular weight excluding hydrogens is 292 g/mol. The Hall–Kier alpha value is -1.43. The number of carbonyl (C=O) groups is 1. The van der Waals surface area contributed by atoms with Gasteiger partial charge in [0.05, 0.1) is 17.7 Å². The SMILES string of the molecule is CN(C)[C@H]1CN(C(=O)c2ccc(CCC(C)(C)O)cc2)C[C@@H]1O. The number of hydrogen-bond donors (Lipinski definition) is 2. The van der Waals surface area contributed by atoms with Crippen molar-refractivity contribution in [3.63, 3.8) is 0 Å². The van der Waals surface area contributed by atoms with Crippen molar-refractivity contribution >= 4 is 5.91 Å². The van der Waals surface area contributed by atoms with Crippen LogP contribution in [0.3, 0.4) is 0 Å². The Bertz CT molecular complexity index is 534. The lowest BCUT2D eigenvalue weighted by Crippen LogP contribution is -2.38. The lowest BCUT2D eigenvalue weighted by atomic mass is 9.98. The minimum atomic E-state index is -0.679. The van der Waals surface area contributed by atoms with Crippen LogP contribution >= 0.6 is 0 Å². The molecule has 2 rings (SSSR count). The zero-order valence-electron chi connectivity index (χ0n) is 14.5. The summed E-state index contributed by atoms with van der Waals surface area (Å²) in [5.74, 6) is -0.0394. The molecule has 0 radical (unpaired) electrons. The highest BCUT2D eigenvalue weighted by Gasteiger charge is 2.35. The van der Waals surface area contributed by atoms with Crippen LogP contribution in [0.2, 0.25) is 0 Å². The number of aliphatic hydroxyl groups excluding tert-OH is 1. The average Bonchev–Trinajstić information content (AvgIpc) is 2.86. The topological polar surface area (TPSA) is 64.0 Å². The Labute approximate surface area is 138 Å². The maximum absolute atomic E-state index is 12.5. The molecule has 2 atom stereocenters. The summed E-state index contributed by atoms with van der Waals surface area (Å²) < 4.78 is 0. The summed E-state index contributed by atoms with van der Waals surface area (Å²) in [7, 11) is 3.83. The number of benzene rings is 1. The molecule has 1 aliphatic heterocycles. The van der Waals surface area contributed by atoms with Crippen LogP contribution in [-0.4, -0.2) is 70.9 Å². The number of amides is 1. The molecule has 2 N–H and O–H groups in total. The monoisotopic (exact) mass is 320 g/mol. The van der Waals surface area contributed by atoms with Gasteiger partial charge in [0.15, 0.2) is 0 Å². The molecule has 1 aliphatic rings. The van der Waals surface area contributed by atoms with E-state index in [2.05, 4.69) is 0 Å². The molecule has 0 saturated carbocycles. The smallest absolute Gasteiger partial charge is 0.253 e. The van der Waals surface area contributed by atoms with E-state index in [0.717, 1.165) is 12.0 Å². The zero-order chi connectivity index (χ0) is 17.2. The fourth-order valence-corrected chi connectivity index (χ4v) is 2.89. The minimum absolute atomic E-state index is 0.00925. The molecule has 128 valence electrons. The highest BCUT2D eigenvalue weighted by molar-refractivity contribution is 5.94. The van der Waals surface area contributed by atoms with Crippen molar-refractivity contribution in [3.05, 3.63) is 35.4 Å². The van der Waals surface area contributed by atoms with E-state index >= 15 is 0 Å². The average molecular weight is 320 g/mol. The highest BCUT2D eigenvalue weighted by Crippen LogP contribution is 2.18. The number of nitrogens with zero attached hydrogens (tertiary/aromatic N) is 2. The summed E-state index contributed by atoms with van der Waals surface area (Å²) in [6.07, 6.45) is 0.965. The van der Waals surface area contributed by atoms with Crippen molar-refractivity contribution in [2.45, 2.75) is 44.4 Å². The van der Waals surface area contributed by atoms with Crippen LogP contribution in [0, 0.1) is 0 Å². The third-order valence-electron chi connectivity index (χ3n) is 4.44. The molecule has 1 aromatic rings. The Morgan fingerprint density at radius 3 is 2.35 bits per heavy atom. The van der Waals surface area contributed by atoms with Gasteiger partial charge in [0.25, 0.3) is 5.91 Å². The number of rotatable bonds is 5. The van der Waals surface area contributed by atoms with Crippen molar-refractivity contribution in [1.29, 1.82) is 0 Å². The Morgan fingerprint density at radius 1 is 1.26 bits per heavy atom. The minimum Gasteiger partial charge on any atom is -0.390 e. The van der Waals surface area contributed by atoms with Crippen LogP contribution in [0.1, 0.15) is 36.2 Å². The summed E-state index contributed by atoms with van der Waals surface area (Å²) in [4.78, 5) is 16.2. The molecule has 1 aromatic carbocycles. The third kappa shape index (κ3) is 4.77. The van der Waals surface area contributed by atoms with Crippen molar-refractivity contribution in [2.75, 3.05) is 27.2 Å². The maximum Gasteiger partial charge on any atom is 0.253 e. The molecule has 23 heavy (non-hydrogen) atoms. The first kappa shape index (κ1) is 17.9. The van der Waals surface area contributed by atoms with E-state index in [4.69, 9.17) is 0 Å². The van der Waals surface area contributed by atoms with E-state index in [9.17, 15) is 15.0 Å². The zero-order valence-corrected chi connectivity index (χ0v) is 14.5. The number of β-amino-alcohol motifs (C(OH)–C–C–N with tert-alkyl or cyclic N) is 1. The summed E-state index contributed by atoms with van der Waals surface area (Å²) in [6, 6.07) is 7.53. The van der Waals surface area contributed by atoms with Gasteiger partial charge in [-0.15, -0.1) is 0 Å². The van der Waals surface area contributed by atoms with Crippen LogP contribution in [-0.2, 0) is 6.42 Å². The fourth-order valence-electron chi connectivity index (χ4n) is 2.89. The van der Waals surface area contributed by atoms with Gasteiger partial charge in [-0.1, -0.05) is 12.1 Å². The van der Waals surface area contributed by atoms with E-state index < -0.39 is 11.7 Å². The molecule has 5 nitrogen and oxygen atoms in total. The quantitative estimate of drug-likeness (QED) is 0.854. The van der Waals surface area contributed by atoms with Crippen LogP contribution in [0.25, 0.3) is 0 Å². The fraction of sp³-hybridized carbons (Fsp3) is 0.611. The molecule has 1 fully saturated rings. The molecular formula is C18H28N2O3. The van der Waals surface area contributed by atoms with Gasteiger partial charge in [-0.05, 0) is 58.5 Å². The Balaban J connectivity index is 1.98. The number of aliphatic hydroxyl groups is 2. The lowest BCUT2D eigenvalue weighted by molar-refractivity contribution is 0.0712.